The maximum atomic E-state index is 12.1. The first-order valence-corrected chi connectivity index (χ1v) is 8.67. The molecule has 0 bridgehead atoms. The lowest BCUT2D eigenvalue weighted by Gasteiger charge is -2.16. The molecule has 0 aliphatic heterocycles. The van der Waals surface area contributed by atoms with Crippen molar-refractivity contribution < 1.29 is 8.42 Å². The molecular weight excluding hydrogens is 384 g/mol. The highest BCUT2D eigenvalue weighted by Gasteiger charge is 2.21. The minimum atomic E-state index is -3.39. The standard InChI is InChI=1S/C11H16Br2N2O2S/c1-3-14-7-8(2)18(16,17)15-11-6-9(12)4-5-10(11)13/h4-6,8,14-15H,3,7H2,1-2H3. The average Bonchev–Trinajstić information content (AvgIpc) is 2.30. The van der Waals surface area contributed by atoms with Gasteiger partial charge in [-0.2, -0.15) is 0 Å². The van der Waals surface area contributed by atoms with E-state index >= 15 is 0 Å². The number of hydrogen-bond donors (Lipinski definition) is 2. The Hall–Kier alpha value is -0.110. The summed E-state index contributed by atoms with van der Waals surface area (Å²) in [4.78, 5) is 0. The highest BCUT2D eigenvalue weighted by atomic mass is 79.9. The van der Waals surface area contributed by atoms with Gasteiger partial charge in [0.1, 0.15) is 0 Å². The molecule has 0 saturated carbocycles. The second-order valence-corrected chi connectivity index (χ2v) is 7.76. The molecule has 18 heavy (non-hydrogen) atoms. The Morgan fingerprint density at radius 2 is 2.00 bits per heavy atom. The Balaban J connectivity index is 2.85. The van der Waals surface area contributed by atoms with Crippen molar-refractivity contribution >= 4 is 47.6 Å². The molecule has 1 atom stereocenters. The number of hydrogen-bond acceptors (Lipinski definition) is 3. The number of halogens is 2. The first kappa shape index (κ1) is 15.9. The van der Waals surface area contributed by atoms with E-state index in [1.54, 1.807) is 19.1 Å². The third kappa shape index (κ3) is 4.53. The van der Waals surface area contributed by atoms with Gasteiger partial charge in [0.15, 0.2) is 0 Å². The molecule has 1 aromatic rings. The van der Waals surface area contributed by atoms with Crippen LogP contribution in [0, 0.1) is 0 Å². The third-order valence-corrected chi connectivity index (χ3v) is 5.31. The lowest BCUT2D eigenvalue weighted by molar-refractivity contribution is 0.579. The zero-order valence-corrected chi connectivity index (χ0v) is 14.2. The summed E-state index contributed by atoms with van der Waals surface area (Å²) >= 11 is 6.64. The van der Waals surface area contributed by atoms with Gasteiger partial charge in [-0.05, 0) is 47.6 Å². The molecule has 7 heteroatoms. The molecule has 1 rings (SSSR count). The molecular formula is C11H16Br2N2O2S. The van der Waals surface area contributed by atoms with E-state index in [1.165, 1.54) is 0 Å². The van der Waals surface area contributed by atoms with Gasteiger partial charge in [-0.3, -0.25) is 4.72 Å². The number of rotatable bonds is 6. The van der Waals surface area contributed by atoms with Gasteiger partial charge in [-0.25, -0.2) is 8.42 Å². The van der Waals surface area contributed by atoms with E-state index in [1.807, 2.05) is 13.0 Å². The summed E-state index contributed by atoms with van der Waals surface area (Å²) < 4.78 is 28.3. The molecule has 0 heterocycles. The zero-order chi connectivity index (χ0) is 13.8. The van der Waals surface area contributed by atoms with E-state index in [4.69, 9.17) is 0 Å². The van der Waals surface area contributed by atoms with E-state index in [0.29, 0.717) is 16.7 Å². The van der Waals surface area contributed by atoms with Crippen LogP contribution < -0.4 is 10.0 Å². The Bertz CT molecular complexity index is 506. The van der Waals surface area contributed by atoms with Crippen LogP contribution in [-0.2, 0) is 10.0 Å². The predicted molar refractivity (Wildman–Crippen MR) is 82.4 cm³/mol. The summed E-state index contributed by atoms with van der Waals surface area (Å²) in [6, 6.07) is 5.35. The van der Waals surface area contributed by atoms with Crippen molar-refractivity contribution in [1.82, 2.24) is 5.32 Å². The van der Waals surface area contributed by atoms with Crippen molar-refractivity contribution in [2.45, 2.75) is 19.1 Å². The van der Waals surface area contributed by atoms with Gasteiger partial charge in [0.2, 0.25) is 10.0 Å². The maximum Gasteiger partial charge on any atom is 0.236 e. The molecule has 1 aromatic carbocycles. The average molecular weight is 400 g/mol. The van der Waals surface area contributed by atoms with Crippen LogP contribution in [0.3, 0.4) is 0 Å². The number of benzene rings is 1. The summed E-state index contributed by atoms with van der Waals surface area (Å²) in [6.45, 7) is 4.80. The zero-order valence-electron chi connectivity index (χ0n) is 10.2. The van der Waals surface area contributed by atoms with Crippen LogP contribution in [0.4, 0.5) is 5.69 Å². The Labute approximate surface area is 125 Å². The highest BCUT2D eigenvalue weighted by molar-refractivity contribution is 9.11. The van der Waals surface area contributed by atoms with Gasteiger partial charge in [0, 0.05) is 15.5 Å². The summed E-state index contributed by atoms with van der Waals surface area (Å²) in [7, 11) is -3.39. The van der Waals surface area contributed by atoms with Gasteiger partial charge in [0.25, 0.3) is 0 Å². The van der Waals surface area contributed by atoms with Crippen LogP contribution in [0.2, 0.25) is 0 Å². The van der Waals surface area contributed by atoms with E-state index in [9.17, 15) is 8.42 Å². The van der Waals surface area contributed by atoms with E-state index in [0.717, 1.165) is 11.0 Å². The van der Waals surface area contributed by atoms with Crippen LogP contribution in [0.15, 0.2) is 27.1 Å². The van der Waals surface area contributed by atoms with Crippen LogP contribution in [0.1, 0.15) is 13.8 Å². The summed E-state index contributed by atoms with van der Waals surface area (Å²) in [5.41, 5.74) is 0.535. The smallest absolute Gasteiger partial charge is 0.236 e. The molecule has 4 nitrogen and oxygen atoms in total. The molecule has 2 N–H and O–H groups in total. The summed E-state index contributed by atoms with van der Waals surface area (Å²) in [5.74, 6) is 0. The Kier molecular flexibility index (Phi) is 6.10. The van der Waals surface area contributed by atoms with E-state index in [2.05, 4.69) is 41.9 Å². The minimum absolute atomic E-state index is 0.428. The molecule has 0 aliphatic rings. The van der Waals surface area contributed by atoms with Crippen molar-refractivity contribution in [1.29, 1.82) is 0 Å². The Morgan fingerprint density at radius 1 is 1.33 bits per heavy atom. The first-order chi connectivity index (χ1) is 8.36. The van der Waals surface area contributed by atoms with Gasteiger partial charge in [0.05, 0.1) is 10.9 Å². The fraction of sp³-hybridized carbons (Fsp3) is 0.455. The number of sulfonamides is 1. The van der Waals surface area contributed by atoms with Crippen molar-refractivity contribution in [3.05, 3.63) is 27.1 Å². The van der Waals surface area contributed by atoms with E-state index < -0.39 is 15.3 Å². The minimum Gasteiger partial charge on any atom is -0.316 e. The molecule has 0 saturated heterocycles. The second kappa shape index (κ2) is 6.88. The molecule has 0 radical (unpaired) electrons. The summed E-state index contributed by atoms with van der Waals surface area (Å²) in [5, 5.41) is 2.53. The van der Waals surface area contributed by atoms with Crippen molar-refractivity contribution in [2.75, 3.05) is 17.8 Å². The quantitative estimate of drug-likeness (QED) is 0.772. The van der Waals surface area contributed by atoms with Crippen LogP contribution in [0.25, 0.3) is 0 Å². The number of nitrogens with one attached hydrogen (secondary N) is 2. The van der Waals surface area contributed by atoms with Gasteiger partial charge in [-0.1, -0.05) is 22.9 Å². The van der Waals surface area contributed by atoms with Crippen molar-refractivity contribution in [3.63, 3.8) is 0 Å². The van der Waals surface area contributed by atoms with Gasteiger partial charge >= 0.3 is 0 Å². The molecule has 0 aromatic heterocycles. The summed E-state index contributed by atoms with van der Waals surface area (Å²) in [6.07, 6.45) is 0. The molecule has 0 aliphatic carbocycles. The van der Waals surface area contributed by atoms with Crippen molar-refractivity contribution in [2.24, 2.45) is 0 Å². The fourth-order valence-corrected chi connectivity index (χ4v) is 3.14. The maximum absolute atomic E-state index is 12.1. The van der Waals surface area contributed by atoms with Crippen LogP contribution >= 0.6 is 31.9 Å². The topological polar surface area (TPSA) is 58.2 Å². The third-order valence-electron chi connectivity index (χ3n) is 2.39. The van der Waals surface area contributed by atoms with Crippen LogP contribution in [-0.4, -0.2) is 26.8 Å². The molecule has 0 spiro atoms. The highest BCUT2D eigenvalue weighted by Crippen LogP contribution is 2.27. The lowest BCUT2D eigenvalue weighted by atomic mass is 10.3. The molecule has 0 fully saturated rings. The molecule has 102 valence electrons. The van der Waals surface area contributed by atoms with E-state index in [-0.39, 0.29) is 0 Å². The second-order valence-electron chi connectivity index (χ2n) is 3.89. The van der Waals surface area contributed by atoms with Gasteiger partial charge < -0.3 is 5.32 Å². The largest absolute Gasteiger partial charge is 0.316 e. The van der Waals surface area contributed by atoms with Gasteiger partial charge in [-0.15, -0.1) is 0 Å². The first-order valence-electron chi connectivity index (χ1n) is 5.54. The lowest BCUT2D eigenvalue weighted by Crippen LogP contribution is -2.34. The monoisotopic (exact) mass is 398 g/mol. The molecule has 0 amide bonds. The SMILES string of the molecule is CCNCC(C)S(=O)(=O)Nc1cc(Br)ccc1Br. The normalized spacial score (nSPS) is 13.3. The molecule has 1 unspecified atom stereocenters. The Morgan fingerprint density at radius 3 is 2.61 bits per heavy atom. The fourth-order valence-electron chi connectivity index (χ4n) is 1.29. The number of anilines is 1. The predicted octanol–water partition coefficient (Wildman–Crippen LogP) is 2.95. The van der Waals surface area contributed by atoms with Crippen LogP contribution in [0.5, 0.6) is 0 Å². The van der Waals surface area contributed by atoms with Crippen molar-refractivity contribution in [3.8, 4) is 0 Å².